The molecular formula is C10H7BrFNO. The molecule has 0 fully saturated rings. The van der Waals surface area contributed by atoms with Crippen LogP contribution < -0.4 is 0 Å². The SMILES string of the molecule is Cc1cc(F)c(Br)c2cc(O)cnc12. The largest absolute Gasteiger partial charge is 0.506 e. The number of pyridine rings is 1. The predicted octanol–water partition coefficient (Wildman–Crippen LogP) is 3.15. The van der Waals surface area contributed by atoms with Crippen LogP contribution in [0.15, 0.2) is 22.8 Å². The third-order valence-electron chi connectivity index (χ3n) is 2.04. The number of hydrogen-bond donors (Lipinski definition) is 1. The number of aryl methyl sites for hydroxylation is 1. The standard InChI is InChI=1S/C10H7BrFNO/c1-5-2-8(12)9(11)7-3-6(14)4-13-10(5)7/h2-4,14H,1H3. The van der Waals surface area contributed by atoms with Crippen molar-refractivity contribution in [2.24, 2.45) is 0 Å². The maximum Gasteiger partial charge on any atom is 0.138 e. The van der Waals surface area contributed by atoms with Crippen LogP contribution in [0.1, 0.15) is 5.56 Å². The Hall–Kier alpha value is -1.16. The molecule has 0 bridgehead atoms. The van der Waals surface area contributed by atoms with E-state index in [1.807, 2.05) is 0 Å². The van der Waals surface area contributed by atoms with Crippen LogP contribution in [-0.2, 0) is 0 Å². The molecule has 2 nitrogen and oxygen atoms in total. The Morgan fingerprint density at radius 1 is 1.43 bits per heavy atom. The first-order valence-electron chi connectivity index (χ1n) is 4.03. The zero-order chi connectivity index (χ0) is 10.3. The summed E-state index contributed by atoms with van der Waals surface area (Å²) in [4.78, 5) is 4.04. The summed E-state index contributed by atoms with van der Waals surface area (Å²) in [5, 5.41) is 9.82. The van der Waals surface area contributed by atoms with Crippen LogP contribution in [-0.4, -0.2) is 10.1 Å². The molecule has 1 N–H and O–H groups in total. The van der Waals surface area contributed by atoms with Gasteiger partial charge in [-0.15, -0.1) is 0 Å². The quantitative estimate of drug-likeness (QED) is 0.785. The van der Waals surface area contributed by atoms with Crippen molar-refractivity contribution in [1.82, 2.24) is 4.98 Å². The Morgan fingerprint density at radius 3 is 2.86 bits per heavy atom. The van der Waals surface area contributed by atoms with Gasteiger partial charge in [0.1, 0.15) is 11.6 Å². The van der Waals surface area contributed by atoms with Crippen LogP contribution in [0.3, 0.4) is 0 Å². The Labute approximate surface area is 88.5 Å². The van der Waals surface area contributed by atoms with Crippen LogP contribution in [0.4, 0.5) is 4.39 Å². The highest BCUT2D eigenvalue weighted by atomic mass is 79.9. The Bertz CT molecular complexity index is 513. The molecular weight excluding hydrogens is 249 g/mol. The van der Waals surface area contributed by atoms with E-state index < -0.39 is 0 Å². The Kier molecular flexibility index (Phi) is 2.15. The second-order valence-electron chi connectivity index (χ2n) is 3.08. The van der Waals surface area contributed by atoms with Gasteiger partial charge in [0.25, 0.3) is 0 Å². The molecule has 0 unspecified atom stereocenters. The first-order valence-corrected chi connectivity index (χ1v) is 4.82. The average Bonchev–Trinajstić information content (AvgIpc) is 2.14. The van der Waals surface area contributed by atoms with Crippen LogP contribution in [0, 0.1) is 12.7 Å². The normalized spacial score (nSPS) is 10.8. The maximum absolute atomic E-state index is 13.3. The topological polar surface area (TPSA) is 33.1 Å². The molecule has 1 heterocycles. The molecule has 0 saturated heterocycles. The van der Waals surface area contributed by atoms with Crippen molar-refractivity contribution in [3.63, 3.8) is 0 Å². The van der Waals surface area contributed by atoms with Gasteiger partial charge < -0.3 is 5.11 Å². The minimum atomic E-state index is -0.345. The van der Waals surface area contributed by atoms with Crippen molar-refractivity contribution < 1.29 is 9.50 Å². The number of fused-ring (bicyclic) bond motifs is 1. The van der Waals surface area contributed by atoms with Gasteiger partial charge in [0.2, 0.25) is 0 Å². The van der Waals surface area contributed by atoms with E-state index in [2.05, 4.69) is 20.9 Å². The summed E-state index contributed by atoms with van der Waals surface area (Å²) in [6.07, 6.45) is 1.35. The van der Waals surface area contributed by atoms with Gasteiger partial charge in [-0.2, -0.15) is 0 Å². The smallest absolute Gasteiger partial charge is 0.138 e. The lowest BCUT2D eigenvalue weighted by atomic mass is 10.1. The highest BCUT2D eigenvalue weighted by Gasteiger charge is 2.09. The van der Waals surface area contributed by atoms with E-state index in [0.29, 0.717) is 15.4 Å². The Balaban J connectivity index is 2.95. The highest BCUT2D eigenvalue weighted by Crippen LogP contribution is 2.30. The minimum absolute atomic E-state index is 0.0307. The molecule has 1 aromatic heterocycles. The van der Waals surface area contributed by atoms with Crippen molar-refractivity contribution in [2.75, 3.05) is 0 Å². The number of rotatable bonds is 0. The first kappa shape index (κ1) is 9.40. The molecule has 0 aliphatic carbocycles. The number of halogens is 2. The summed E-state index contributed by atoms with van der Waals surface area (Å²) in [6, 6.07) is 2.90. The molecule has 0 saturated carbocycles. The molecule has 0 spiro atoms. The van der Waals surface area contributed by atoms with Crippen LogP contribution in [0.5, 0.6) is 5.75 Å². The minimum Gasteiger partial charge on any atom is -0.506 e. The highest BCUT2D eigenvalue weighted by molar-refractivity contribution is 9.10. The second-order valence-corrected chi connectivity index (χ2v) is 3.87. The predicted molar refractivity (Wildman–Crippen MR) is 55.8 cm³/mol. The van der Waals surface area contributed by atoms with Gasteiger partial charge in [-0.05, 0) is 40.5 Å². The molecule has 14 heavy (non-hydrogen) atoms. The molecule has 2 aromatic rings. The molecule has 2 rings (SSSR count). The van der Waals surface area contributed by atoms with E-state index >= 15 is 0 Å². The van der Waals surface area contributed by atoms with Crippen LogP contribution in [0.2, 0.25) is 0 Å². The molecule has 4 heteroatoms. The van der Waals surface area contributed by atoms with Gasteiger partial charge in [-0.25, -0.2) is 4.39 Å². The van der Waals surface area contributed by atoms with Gasteiger partial charge in [-0.1, -0.05) is 0 Å². The van der Waals surface area contributed by atoms with E-state index in [4.69, 9.17) is 0 Å². The van der Waals surface area contributed by atoms with E-state index in [0.717, 1.165) is 5.56 Å². The zero-order valence-electron chi connectivity index (χ0n) is 7.38. The summed E-state index contributed by atoms with van der Waals surface area (Å²) in [5.41, 5.74) is 1.44. The fraction of sp³-hybridized carbons (Fsp3) is 0.100. The summed E-state index contributed by atoms with van der Waals surface area (Å²) < 4.78 is 13.6. The number of nitrogens with zero attached hydrogens (tertiary/aromatic N) is 1. The van der Waals surface area contributed by atoms with Gasteiger partial charge in [0.15, 0.2) is 0 Å². The molecule has 0 aliphatic heterocycles. The number of benzene rings is 1. The second kappa shape index (κ2) is 3.20. The van der Waals surface area contributed by atoms with Crippen molar-refractivity contribution in [1.29, 1.82) is 0 Å². The van der Waals surface area contributed by atoms with E-state index in [1.54, 1.807) is 6.92 Å². The van der Waals surface area contributed by atoms with Crippen LogP contribution >= 0.6 is 15.9 Å². The summed E-state index contributed by atoms with van der Waals surface area (Å²) in [7, 11) is 0. The summed E-state index contributed by atoms with van der Waals surface area (Å²) >= 11 is 3.12. The lowest BCUT2D eigenvalue weighted by molar-refractivity contribution is 0.474. The number of aromatic hydroxyl groups is 1. The van der Waals surface area contributed by atoms with Gasteiger partial charge in [-0.3, -0.25) is 4.98 Å². The molecule has 0 amide bonds. The lowest BCUT2D eigenvalue weighted by Gasteiger charge is -2.05. The molecule has 0 aliphatic rings. The van der Waals surface area contributed by atoms with Gasteiger partial charge in [0, 0.05) is 5.39 Å². The van der Waals surface area contributed by atoms with Crippen molar-refractivity contribution in [3.05, 3.63) is 34.2 Å². The van der Waals surface area contributed by atoms with E-state index in [1.165, 1.54) is 18.3 Å². The zero-order valence-corrected chi connectivity index (χ0v) is 8.97. The fourth-order valence-electron chi connectivity index (χ4n) is 1.39. The molecule has 1 aromatic carbocycles. The first-order chi connectivity index (χ1) is 6.59. The molecule has 72 valence electrons. The fourth-order valence-corrected chi connectivity index (χ4v) is 1.80. The lowest BCUT2D eigenvalue weighted by Crippen LogP contribution is -1.88. The van der Waals surface area contributed by atoms with Gasteiger partial charge >= 0.3 is 0 Å². The van der Waals surface area contributed by atoms with Crippen molar-refractivity contribution >= 4 is 26.8 Å². The number of aromatic nitrogens is 1. The summed E-state index contributed by atoms with van der Waals surface area (Å²) in [6.45, 7) is 1.78. The third-order valence-corrected chi connectivity index (χ3v) is 2.84. The average molecular weight is 256 g/mol. The monoisotopic (exact) mass is 255 g/mol. The van der Waals surface area contributed by atoms with Gasteiger partial charge in [0.05, 0.1) is 16.2 Å². The van der Waals surface area contributed by atoms with Crippen molar-refractivity contribution in [2.45, 2.75) is 6.92 Å². The van der Waals surface area contributed by atoms with Crippen LogP contribution in [0.25, 0.3) is 10.9 Å². The number of hydrogen-bond acceptors (Lipinski definition) is 2. The Morgan fingerprint density at radius 2 is 2.14 bits per heavy atom. The third kappa shape index (κ3) is 1.35. The van der Waals surface area contributed by atoms with E-state index in [-0.39, 0.29) is 11.6 Å². The molecule has 0 radical (unpaired) electrons. The molecule has 0 atom stereocenters. The van der Waals surface area contributed by atoms with Crippen molar-refractivity contribution in [3.8, 4) is 5.75 Å². The maximum atomic E-state index is 13.3. The summed E-state index contributed by atoms with van der Waals surface area (Å²) in [5.74, 6) is -0.314. The van der Waals surface area contributed by atoms with E-state index in [9.17, 15) is 9.50 Å².